The summed E-state index contributed by atoms with van der Waals surface area (Å²) in [6, 6.07) is 10.7. The highest BCUT2D eigenvalue weighted by molar-refractivity contribution is 6.38. The summed E-state index contributed by atoms with van der Waals surface area (Å²) in [5.74, 6) is -4.25. The van der Waals surface area contributed by atoms with Crippen LogP contribution in [0.1, 0.15) is 57.5 Å². The Morgan fingerprint density at radius 2 is 1.38 bits per heavy atom. The van der Waals surface area contributed by atoms with Crippen LogP contribution in [0.25, 0.3) is 0 Å². The van der Waals surface area contributed by atoms with Crippen molar-refractivity contribution in [3.63, 3.8) is 0 Å². The molecule has 0 radical (unpaired) electrons. The van der Waals surface area contributed by atoms with Gasteiger partial charge in [-0.25, -0.2) is 4.39 Å². The number of benzene rings is 2. The van der Waals surface area contributed by atoms with Gasteiger partial charge in [0.05, 0.1) is 6.04 Å². The quantitative estimate of drug-likeness (QED) is 0.325. The van der Waals surface area contributed by atoms with Gasteiger partial charge >= 0.3 is 0 Å². The van der Waals surface area contributed by atoms with Crippen molar-refractivity contribution >= 4 is 29.4 Å². The van der Waals surface area contributed by atoms with Gasteiger partial charge < -0.3 is 21.3 Å². The van der Waals surface area contributed by atoms with Crippen LogP contribution in [0.2, 0.25) is 0 Å². The molecule has 0 spiro atoms. The van der Waals surface area contributed by atoms with Crippen molar-refractivity contribution in [2.24, 2.45) is 11.3 Å². The maximum absolute atomic E-state index is 13.1. The molecule has 2 aromatic rings. The molecule has 0 aromatic heterocycles. The molecule has 0 saturated carbocycles. The van der Waals surface area contributed by atoms with Crippen molar-refractivity contribution in [3.05, 3.63) is 71.5 Å². The van der Waals surface area contributed by atoms with Crippen molar-refractivity contribution in [2.75, 3.05) is 0 Å². The molecule has 9 nitrogen and oxygen atoms in total. The summed E-state index contributed by atoms with van der Waals surface area (Å²) in [4.78, 5) is 64.0. The third kappa shape index (κ3) is 9.31. The maximum Gasteiger partial charge on any atom is 0.289 e. The normalized spacial score (nSPS) is 13.5. The van der Waals surface area contributed by atoms with Gasteiger partial charge in [-0.05, 0) is 48.1 Å². The molecule has 2 rings (SSSR count). The molecular weight excluding hydrogens is 503 g/mol. The second kappa shape index (κ2) is 13.6. The summed E-state index contributed by atoms with van der Waals surface area (Å²) in [6.45, 7) is 10.2. The van der Waals surface area contributed by atoms with E-state index in [1.165, 1.54) is 31.2 Å². The van der Waals surface area contributed by atoms with E-state index < -0.39 is 64.7 Å². The van der Waals surface area contributed by atoms with Crippen molar-refractivity contribution in [1.29, 1.82) is 0 Å². The van der Waals surface area contributed by atoms with Gasteiger partial charge in [-0.3, -0.25) is 24.0 Å². The zero-order valence-corrected chi connectivity index (χ0v) is 23.1. The first-order valence-electron chi connectivity index (χ1n) is 12.7. The third-order valence-corrected chi connectivity index (χ3v) is 6.03. The fourth-order valence-corrected chi connectivity index (χ4v) is 3.67. The van der Waals surface area contributed by atoms with Crippen LogP contribution in [0.3, 0.4) is 0 Å². The van der Waals surface area contributed by atoms with Crippen LogP contribution >= 0.6 is 0 Å². The first-order chi connectivity index (χ1) is 18.2. The number of carbonyl (C=O) groups is 5. The van der Waals surface area contributed by atoms with E-state index >= 15 is 0 Å². The Hall–Kier alpha value is -4.08. The van der Waals surface area contributed by atoms with Crippen LogP contribution in [-0.4, -0.2) is 47.5 Å². The van der Waals surface area contributed by atoms with Gasteiger partial charge in [0, 0.05) is 12.1 Å². The average Bonchev–Trinajstić information content (AvgIpc) is 2.88. The summed E-state index contributed by atoms with van der Waals surface area (Å²) >= 11 is 0. The number of amides is 4. The standard InChI is InChI=1S/C29H37FN4O5/c1-17(2)22(23(35)27(38)31-16-19-12-14-21(30)15-13-19)33-25(36)18(3)32-28(39)24(29(4,5)6)34-26(37)20-10-8-7-9-11-20/h7-15,17-18,22,24H,16H2,1-6H3,(H,31,38)(H,32,39)(H,33,36)(H,34,37). The lowest BCUT2D eigenvalue weighted by atomic mass is 9.85. The lowest BCUT2D eigenvalue weighted by molar-refractivity contribution is -0.141. The predicted molar refractivity (Wildman–Crippen MR) is 145 cm³/mol. The SMILES string of the molecule is CC(NC(=O)C(NC(=O)c1ccccc1)C(C)(C)C)C(=O)NC(C(=O)C(=O)NCc1ccc(F)cc1)C(C)C. The Labute approximate surface area is 228 Å². The predicted octanol–water partition coefficient (Wildman–Crippen LogP) is 2.50. The zero-order valence-electron chi connectivity index (χ0n) is 23.1. The van der Waals surface area contributed by atoms with Crippen LogP contribution in [-0.2, 0) is 25.7 Å². The Kier molecular flexibility index (Phi) is 10.9. The van der Waals surface area contributed by atoms with Crippen LogP contribution in [0, 0.1) is 17.2 Å². The summed E-state index contributed by atoms with van der Waals surface area (Å²) in [5, 5.41) is 10.4. The fraction of sp³-hybridized carbons (Fsp3) is 0.414. The molecule has 4 N–H and O–H groups in total. The van der Waals surface area contributed by atoms with E-state index in [4.69, 9.17) is 0 Å². The number of ketones is 1. The molecule has 39 heavy (non-hydrogen) atoms. The first kappa shape index (κ1) is 31.1. The lowest BCUT2D eigenvalue weighted by Gasteiger charge is -2.31. The molecule has 3 atom stereocenters. The molecule has 0 aliphatic rings. The minimum absolute atomic E-state index is 0.0129. The van der Waals surface area contributed by atoms with E-state index in [2.05, 4.69) is 21.3 Å². The lowest BCUT2D eigenvalue weighted by Crippen LogP contribution is -2.59. The number of halogens is 1. The second-order valence-corrected chi connectivity index (χ2v) is 10.8. The largest absolute Gasteiger partial charge is 0.345 e. The molecule has 0 aliphatic carbocycles. The minimum atomic E-state index is -1.14. The minimum Gasteiger partial charge on any atom is -0.345 e. The Bertz CT molecular complexity index is 1180. The van der Waals surface area contributed by atoms with Crippen molar-refractivity contribution in [2.45, 2.75) is 66.2 Å². The fourth-order valence-electron chi connectivity index (χ4n) is 3.67. The van der Waals surface area contributed by atoms with Crippen LogP contribution in [0.15, 0.2) is 54.6 Å². The topological polar surface area (TPSA) is 133 Å². The van der Waals surface area contributed by atoms with Gasteiger partial charge in [-0.1, -0.05) is 65.0 Å². The molecule has 0 aliphatic heterocycles. The zero-order chi connectivity index (χ0) is 29.3. The van der Waals surface area contributed by atoms with E-state index in [-0.39, 0.29) is 6.54 Å². The smallest absolute Gasteiger partial charge is 0.289 e. The summed E-state index contributed by atoms with van der Waals surface area (Å²) in [6.07, 6.45) is 0. The summed E-state index contributed by atoms with van der Waals surface area (Å²) < 4.78 is 13.1. The van der Waals surface area contributed by atoms with Gasteiger partial charge in [0.25, 0.3) is 11.8 Å². The number of nitrogens with one attached hydrogen (secondary N) is 4. The molecule has 0 bridgehead atoms. The van der Waals surface area contributed by atoms with E-state index in [1.54, 1.807) is 65.0 Å². The van der Waals surface area contributed by atoms with Crippen LogP contribution < -0.4 is 21.3 Å². The number of Topliss-reactive ketones (excluding diaryl/α,β-unsaturated/α-hetero) is 1. The number of rotatable bonds is 11. The monoisotopic (exact) mass is 540 g/mol. The first-order valence-corrected chi connectivity index (χ1v) is 12.7. The Morgan fingerprint density at radius 3 is 1.92 bits per heavy atom. The van der Waals surface area contributed by atoms with Gasteiger partial charge in [0.2, 0.25) is 17.6 Å². The van der Waals surface area contributed by atoms with Crippen molar-refractivity contribution in [3.8, 4) is 0 Å². The molecule has 2 aromatic carbocycles. The number of hydrogen-bond acceptors (Lipinski definition) is 5. The Balaban J connectivity index is 2.02. The molecule has 210 valence electrons. The highest BCUT2D eigenvalue weighted by Gasteiger charge is 2.35. The van der Waals surface area contributed by atoms with Crippen molar-refractivity contribution < 1.29 is 28.4 Å². The second-order valence-electron chi connectivity index (χ2n) is 10.8. The van der Waals surface area contributed by atoms with E-state index in [9.17, 15) is 28.4 Å². The molecule has 4 amide bonds. The van der Waals surface area contributed by atoms with E-state index in [0.29, 0.717) is 11.1 Å². The van der Waals surface area contributed by atoms with Gasteiger partial charge in [-0.15, -0.1) is 0 Å². The molecule has 0 saturated heterocycles. The van der Waals surface area contributed by atoms with Gasteiger partial charge in [0.15, 0.2) is 0 Å². The summed E-state index contributed by atoms with van der Waals surface area (Å²) in [7, 11) is 0. The molecule has 0 heterocycles. The third-order valence-electron chi connectivity index (χ3n) is 6.03. The highest BCUT2D eigenvalue weighted by atomic mass is 19.1. The maximum atomic E-state index is 13.1. The Morgan fingerprint density at radius 1 is 0.795 bits per heavy atom. The van der Waals surface area contributed by atoms with E-state index in [1.807, 2.05) is 0 Å². The van der Waals surface area contributed by atoms with Crippen molar-refractivity contribution in [1.82, 2.24) is 21.3 Å². The molecule has 3 unspecified atom stereocenters. The average molecular weight is 541 g/mol. The molecule has 0 fully saturated rings. The number of carbonyl (C=O) groups excluding carboxylic acids is 5. The highest BCUT2D eigenvalue weighted by Crippen LogP contribution is 2.20. The van der Waals surface area contributed by atoms with E-state index in [0.717, 1.165) is 0 Å². The van der Waals surface area contributed by atoms with Crippen LogP contribution in [0.5, 0.6) is 0 Å². The molecule has 10 heteroatoms. The number of hydrogen-bond donors (Lipinski definition) is 4. The van der Waals surface area contributed by atoms with Gasteiger partial charge in [-0.2, -0.15) is 0 Å². The van der Waals surface area contributed by atoms with Crippen LogP contribution in [0.4, 0.5) is 4.39 Å². The molecular formula is C29H37FN4O5. The van der Waals surface area contributed by atoms with Gasteiger partial charge in [0.1, 0.15) is 17.9 Å². The summed E-state index contributed by atoms with van der Waals surface area (Å²) in [5.41, 5.74) is 0.317.